The highest BCUT2D eigenvalue weighted by Gasteiger charge is 2.38. The van der Waals surface area contributed by atoms with Gasteiger partial charge in [-0.1, -0.05) is 39.8 Å². The Hall–Kier alpha value is -2.57. The maximum Gasteiger partial charge on any atom is 0.303 e. The number of nitrogens with zero attached hydrogens (tertiary/aromatic N) is 2. The molecule has 0 heterocycles. The van der Waals surface area contributed by atoms with Gasteiger partial charge in [-0.25, -0.2) is 0 Å². The molecule has 0 saturated heterocycles. The molecule has 0 bridgehead atoms. The molecule has 0 aliphatic heterocycles. The van der Waals surface area contributed by atoms with Crippen LogP contribution in [0.3, 0.4) is 0 Å². The number of fused-ring (bicyclic) bond motifs is 1. The summed E-state index contributed by atoms with van der Waals surface area (Å²) in [6, 6.07) is 4.69. The van der Waals surface area contributed by atoms with E-state index in [-0.39, 0.29) is 22.7 Å². The van der Waals surface area contributed by atoms with Crippen LogP contribution in [0.4, 0.5) is 0 Å². The highest BCUT2D eigenvalue weighted by molar-refractivity contribution is 5.83. The first-order chi connectivity index (χ1) is 17.2. The number of guanidine groups is 1. The van der Waals surface area contributed by atoms with Gasteiger partial charge in [0.1, 0.15) is 0 Å². The molecule has 0 radical (unpaired) electrons. The predicted molar refractivity (Wildman–Crippen MR) is 149 cm³/mol. The predicted octanol–water partition coefficient (Wildman–Crippen LogP) is 4.70. The van der Waals surface area contributed by atoms with E-state index >= 15 is 0 Å². The number of carbonyl (C=O) groups excluding carboxylic acids is 2. The Balaban J connectivity index is 1.84. The second kappa shape index (κ2) is 11.4. The monoisotopic (exact) mass is 512 g/mol. The van der Waals surface area contributed by atoms with Crippen molar-refractivity contribution in [2.24, 2.45) is 28.3 Å². The minimum Gasteiger partial charge on any atom is -0.453 e. The van der Waals surface area contributed by atoms with Gasteiger partial charge in [-0.05, 0) is 97.3 Å². The highest BCUT2D eigenvalue weighted by atomic mass is 16.5. The molecule has 1 saturated carbocycles. The summed E-state index contributed by atoms with van der Waals surface area (Å²) in [5.74, 6) is 0.461. The van der Waals surface area contributed by atoms with Crippen molar-refractivity contribution in [1.82, 2.24) is 4.90 Å². The highest BCUT2D eigenvalue weighted by Crippen LogP contribution is 2.46. The number of hydrogen-bond donors (Lipinski definition) is 2. The molecule has 1 aromatic carbocycles. The van der Waals surface area contributed by atoms with Crippen LogP contribution in [-0.4, -0.2) is 41.9 Å². The summed E-state index contributed by atoms with van der Waals surface area (Å²) in [6.45, 7) is 16.3. The minimum absolute atomic E-state index is 0.0982. The van der Waals surface area contributed by atoms with E-state index in [9.17, 15) is 9.59 Å². The molecule has 7 heteroatoms. The third-order valence-corrected chi connectivity index (χ3v) is 8.65. The molecule has 37 heavy (non-hydrogen) atoms. The summed E-state index contributed by atoms with van der Waals surface area (Å²) in [5.41, 5.74) is 16.5. The van der Waals surface area contributed by atoms with Gasteiger partial charge in [0, 0.05) is 26.6 Å². The van der Waals surface area contributed by atoms with E-state index in [1.165, 1.54) is 35.6 Å². The van der Waals surface area contributed by atoms with E-state index in [1.54, 1.807) is 6.92 Å². The number of ether oxygens (including phenoxy) is 1. The molecular formula is C30H48N4O3. The number of nitrogens with two attached hydrogens (primary N) is 2. The van der Waals surface area contributed by atoms with Crippen LogP contribution in [0, 0.1) is 18.8 Å². The van der Waals surface area contributed by atoms with Gasteiger partial charge in [-0.15, -0.1) is 0 Å². The molecule has 4 N–H and O–H groups in total. The number of aliphatic imine (C=N–C) groups is 1. The lowest BCUT2D eigenvalue weighted by atomic mass is 9.62. The largest absolute Gasteiger partial charge is 0.453 e. The number of amides is 1. The Morgan fingerprint density at radius 3 is 2.11 bits per heavy atom. The fraction of sp³-hybridized carbons (Fsp3) is 0.700. The van der Waals surface area contributed by atoms with Crippen LogP contribution in [0.25, 0.3) is 0 Å². The number of aryl methyl sites for hydroxylation is 1. The van der Waals surface area contributed by atoms with Gasteiger partial charge in [0.05, 0.1) is 0 Å². The fourth-order valence-electron chi connectivity index (χ4n) is 6.07. The van der Waals surface area contributed by atoms with E-state index in [0.717, 1.165) is 32.1 Å². The molecule has 1 atom stereocenters. The van der Waals surface area contributed by atoms with Gasteiger partial charge in [0.15, 0.2) is 12.1 Å². The Labute approximate surface area is 223 Å². The number of benzene rings is 1. The molecule has 2 aliphatic rings. The van der Waals surface area contributed by atoms with Crippen LogP contribution < -0.4 is 11.5 Å². The van der Waals surface area contributed by atoms with E-state index in [1.807, 2.05) is 4.90 Å². The van der Waals surface area contributed by atoms with Gasteiger partial charge in [0.25, 0.3) is 5.91 Å². The second-order valence-electron chi connectivity index (χ2n) is 12.7. The van der Waals surface area contributed by atoms with Crippen molar-refractivity contribution in [1.29, 1.82) is 0 Å². The lowest BCUT2D eigenvalue weighted by molar-refractivity contribution is -0.158. The molecule has 1 fully saturated rings. The molecule has 2 aliphatic carbocycles. The van der Waals surface area contributed by atoms with Crippen molar-refractivity contribution in [2.45, 2.75) is 110 Å². The normalized spacial score (nSPS) is 22.9. The molecule has 1 aromatic rings. The van der Waals surface area contributed by atoms with E-state index in [0.29, 0.717) is 31.5 Å². The lowest BCUT2D eigenvalue weighted by Gasteiger charge is -2.42. The average Bonchev–Trinajstić information content (AvgIpc) is 2.81. The Kier molecular flexibility index (Phi) is 8.97. The summed E-state index contributed by atoms with van der Waals surface area (Å²) in [5, 5.41) is 0. The molecule has 0 spiro atoms. The Morgan fingerprint density at radius 2 is 1.57 bits per heavy atom. The third-order valence-electron chi connectivity index (χ3n) is 8.65. The van der Waals surface area contributed by atoms with Crippen molar-refractivity contribution in [3.8, 4) is 0 Å². The summed E-state index contributed by atoms with van der Waals surface area (Å²) < 4.78 is 5.30. The number of hydrogen-bond acceptors (Lipinski definition) is 4. The first-order valence-corrected chi connectivity index (χ1v) is 13.9. The smallest absolute Gasteiger partial charge is 0.303 e. The van der Waals surface area contributed by atoms with Gasteiger partial charge in [-0.2, -0.15) is 0 Å². The summed E-state index contributed by atoms with van der Waals surface area (Å²) in [6.07, 6.45) is 5.66. The van der Waals surface area contributed by atoms with Crippen molar-refractivity contribution >= 4 is 17.8 Å². The summed E-state index contributed by atoms with van der Waals surface area (Å²) in [4.78, 5) is 31.2. The van der Waals surface area contributed by atoms with Gasteiger partial charge in [0.2, 0.25) is 0 Å². The third kappa shape index (κ3) is 7.26. The molecule has 7 nitrogen and oxygen atoms in total. The van der Waals surface area contributed by atoms with Gasteiger partial charge in [-0.3, -0.25) is 14.6 Å². The molecule has 206 valence electrons. The zero-order chi connectivity index (χ0) is 27.5. The topological polar surface area (TPSA) is 111 Å². The molecular weight excluding hydrogens is 464 g/mol. The maximum absolute atomic E-state index is 13.5. The lowest BCUT2D eigenvalue weighted by Crippen LogP contribution is -2.43. The standard InChI is InChI=1S/C30H48N4O3/c1-19-14-25-26(30(6,7)13-12-29(25,4)5)15-24(19)18-34(27(36)20(2)37-21(3)35)17-23-10-8-22(9-11-23)16-33-28(31)32/h14-15,20,22-23H,8-13,16-18H2,1-7H3,(H4,31,32,33)/t20-,22?,23?/m0/s1. The van der Waals surface area contributed by atoms with Gasteiger partial charge < -0.3 is 21.1 Å². The summed E-state index contributed by atoms with van der Waals surface area (Å²) in [7, 11) is 0. The fourth-order valence-corrected chi connectivity index (χ4v) is 6.07. The Morgan fingerprint density at radius 1 is 1.03 bits per heavy atom. The average molecular weight is 513 g/mol. The first kappa shape index (κ1) is 29.0. The number of esters is 1. The minimum atomic E-state index is -0.802. The maximum atomic E-state index is 13.5. The quantitative estimate of drug-likeness (QED) is 0.298. The summed E-state index contributed by atoms with van der Waals surface area (Å²) >= 11 is 0. The van der Waals surface area contributed by atoms with Crippen LogP contribution >= 0.6 is 0 Å². The van der Waals surface area contributed by atoms with Crippen LogP contribution in [0.2, 0.25) is 0 Å². The van der Waals surface area contributed by atoms with Crippen LogP contribution in [0.5, 0.6) is 0 Å². The van der Waals surface area contributed by atoms with Crippen molar-refractivity contribution in [3.63, 3.8) is 0 Å². The molecule has 0 aromatic heterocycles. The van der Waals surface area contributed by atoms with Gasteiger partial charge >= 0.3 is 5.97 Å². The van der Waals surface area contributed by atoms with Crippen LogP contribution in [0.15, 0.2) is 17.1 Å². The first-order valence-electron chi connectivity index (χ1n) is 13.9. The van der Waals surface area contributed by atoms with E-state index < -0.39 is 12.1 Å². The van der Waals surface area contributed by atoms with Crippen LogP contribution in [-0.2, 0) is 31.7 Å². The van der Waals surface area contributed by atoms with E-state index in [2.05, 4.69) is 51.7 Å². The zero-order valence-corrected chi connectivity index (χ0v) is 24.0. The van der Waals surface area contributed by atoms with E-state index in [4.69, 9.17) is 16.2 Å². The molecule has 0 unspecified atom stereocenters. The molecule has 1 amide bonds. The zero-order valence-electron chi connectivity index (χ0n) is 24.0. The molecule has 3 rings (SSSR count). The number of rotatable bonds is 8. The van der Waals surface area contributed by atoms with Crippen molar-refractivity contribution in [2.75, 3.05) is 13.1 Å². The second-order valence-corrected chi connectivity index (χ2v) is 12.7. The Bertz CT molecular complexity index is 1020. The SMILES string of the molecule is CC(=O)O[C@@H](C)C(=O)N(Cc1cc2c(cc1C)C(C)(C)CCC2(C)C)CC1CCC(CN=C(N)N)CC1. The van der Waals surface area contributed by atoms with Crippen molar-refractivity contribution in [3.05, 3.63) is 34.4 Å². The van der Waals surface area contributed by atoms with Crippen LogP contribution in [0.1, 0.15) is 102 Å². The number of carbonyl (C=O) groups is 2. The van der Waals surface area contributed by atoms with Crippen molar-refractivity contribution < 1.29 is 14.3 Å².